The molecule has 0 fully saturated rings. The predicted molar refractivity (Wildman–Crippen MR) is 130 cm³/mol. The lowest BCUT2D eigenvalue weighted by molar-refractivity contribution is 0.0600. The van der Waals surface area contributed by atoms with Crippen LogP contribution in [0.1, 0.15) is 37.5 Å². The van der Waals surface area contributed by atoms with E-state index in [-0.39, 0.29) is 11.9 Å². The minimum Gasteiger partial charge on any atom is -0.497 e. The number of hydrogen-bond acceptors (Lipinski definition) is 4. The van der Waals surface area contributed by atoms with E-state index in [1.807, 2.05) is 47.4 Å². The fourth-order valence-corrected chi connectivity index (χ4v) is 4.71. The smallest absolute Gasteiger partial charge is 0.337 e. The Morgan fingerprint density at radius 1 is 0.882 bits per heavy atom. The molecule has 1 aliphatic heterocycles. The van der Waals surface area contributed by atoms with Gasteiger partial charge >= 0.3 is 5.97 Å². The topological polar surface area (TPSA) is 60.8 Å². The summed E-state index contributed by atoms with van der Waals surface area (Å²) in [6, 6.07) is 23.2. The Kier molecular flexibility index (Phi) is 5.80. The van der Waals surface area contributed by atoms with E-state index in [1.54, 1.807) is 19.2 Å². The zero-order valence-electron chi connectivity index (χ0n) is 19.3. The lowest BCUT2D eigenvalue weighted by atomic mass is 10.0. The Morgan fingerprint density at radius 3 is 2.29 bits per heavy atom. The molecule has 5 rings (SSSR count). The van der Waals surface area contributed by atoms with Gasteiger partial charge in [-0.15, -0.1) is 0 Å². The molecule has 0 unspecified atom stereocenters. The number of nitrogens with zero attached hydrogens (tertiary/aromatic N) is 2. The number of para-hydroxylation sites is 1. The number of fused-ring (bicyclic) bond motifs is 3. The van der Waals surface area contributed by atoms with E-state index in [0.717, 1.165) is 28.9 Å². The maximum Gasteiger partial charge on any atom is 0.337 e. The maximum atomic E-state index is 13.3. The minimum absolute atomic E-state index is 0.0209. The molecule has 3 aromatic carbocycles. The Balaban J connectivity index is 1.47. The van der Waals surface area contributed by atoms with E-state index >= 15 is 0 Å². The predicted octanol–water partition coefficient (Wildman–Crippen LogP) is 4.68. The molecule has 0 aliphatic carbocycles. The van der Waals surface area contributed by atoms with Gasteiger partial charge in [-0.05, 0) is 60.0 Å². The van der Waals surface area contributed by atoms with E-state index in [0.29, 0.717) is 30.8 Å². The minimum atomic E-state index is -0.344. The molecule has 0 atom stereocenters. The number of aromatic nitrogens is 1. The van der Waals surface area contributed by atoms with Crippen molar-refractivity contribution in [3.63, 3.8) is 0 Å². The van der Waals surface area contributed by atoms with Gasteiger partial charge in [-0.3, -0.25) is 4.79 Å². The van der Waals surface area contributed by atoms with Crippen LogP contribution < -0.4 is 4.74 Å². The first-order chi connectivity index (χ1) is 16.6. The molecule has 1 aliphatic rings. The van der Waals surface area contributed by atoms with Crippen molar-refractivity contribution in [2.45, 2.75) is 19.5 Å². The Morgan fingerprint density at radius 2 is 1.59 bits per heavy atom. The van der Waals surface area contributed by atoms with Gasteiger partial charge in [-0.1, -0.05) is 30.3 Å². The summed E-state index contributed by atoms with van der Waals surface area (Å²) >= 11 is 0. The van der Waals surface area contributed by atoms with Gasteiger partial charge in [0.1, 0.15) is 5.75 Å². The van der Waals surface area contributed by atoms with Crippen molar-refractivity contribution in [3.8, 4) is 5.75 Å². The monoisotopic (exact) mass is 454 g/mol. The van der Waals surface area contributed by atoms with Crippen LogP contribution in [-0.4, -0.2) is 42.1 Å². The first kappa shape index (κ1) is 21.8. The summed E-state index contributed by atoms with van der Waals surface area (Å²) in [5, 5.41) is 1.24. The Bertz CT molecular complexity index is 1350. The van der Waals surface area contributed by atoms with Crippen molar-refractivity contribution in [3.05, 3.63) is 101 Å². The van der Waals surface area contributed by atoms with Gasteiger partial charge in [-0.25, -0.2) is 4.79 Å². The zero-order valence-corrected chi connectivity index (χ0v) is 19.3. The van der Waals surface area contributed by atoms with Gasteiger partial charge in [0.15, 0.2) is 0 Å². The van der Waals surface area contributed by atoms with Crippen molar-refractivity contribution in [2.75, 3.05) is 20.8 Å². The third-order valence-corrected chi connectivity index (χ3v) is 6.51. The van der Waals surface area contributed by atoms with Crippen LogP contribution in [0.3, 0.4) is 0 Å². The van der Waals surface area contributed by atoms with Crippen LogP contribution in [0.25, 0.3) is 10.9 Å². The van der Waals surface area contributed by atoms with Crippen molar-refractivity contribution in [2.24, 2.45) is 0 Å². The molecule has 0 saturated heterocycles. The van der Waals surface area contributed by atoms with Gasteiger partial charge in [-0.2, -0.15) is 0 Å². The van der Waals surface area contributed by atoms with Gasteiger partial charge in [0.05, 0.1) is 26.3 Å². The molecule has 6 heteroatoms. The van der Waals surface area contributed by atoms with Gasteiger partial charge in [0, 0.05) is 35.2 Å². The summed E-state index contributed by atoms with van der Waals surface area (Å²) in [7, 11) is 3.00. The number of amides is 1. The average Bonchev–Trinajstić information content (AvgIpc) is 3.21. The molecule has 2 heterocycles. The van der Waals surface area contributed by atoms with Crippen LogP contribution in [0.5, 0.6) is 5.75 Å². The van der Waals surface area contributed by atoms with Gasteiger partial charge in [0.25, 0.3) is 5.91 Å². The second kappa shape index (κ2) is 9.06. The first-order valence-corrected chi connectivity index (χ1v) is 11.3. The molecule has 0 radical (unpaired) electrons. The average molecular weight is 455 g/mol. The van der Waals surface area contributed by atoms with Crippen molar-refractivity contribution >= 4 is 22.8 Å². The molecule has 0 saturated carbocycles. The van der Waals surface area contributed by atoms with E-state index < -0.39 is 0 Å². The van der Waals surface area contributed by atoms with Crippen LogP contribution in [0.4, 0.5) is 0 Å². The third kappa shape index (κ3) is 3.92. The fraction of sp³-hybridized carbons (Fsp3) is 0.214. The molecule has 0 spiro atoms. The summed E-state index contributed by atoms with van der Waals surface area (Å²) in [6.45, 7) is 1.89. The Hall–Kier alpha value is -4.06. The van der Waals surface area contributed by atoms with Crippen LogP contribution in [0, 0.1) is 0 Å². The highest BCUT2D eigenvalue weighted by Gasteiger charge is 2.27. The molecule has 172 valence electrons. The second-order valence-corrected chi connectivity index (χ2v) is 8.42. The van der Waals surface area contributed by atoms with E-state index in [1.165, 1.54) is 18.1 Å². The standard InChI is InChI=1S/C28H26N2O4/c1-33-22-13-11-20(12-14-22)27(31)29-16-15-24-23-5-3-4-6-25(23)30(26(24)18-29)17-19-7-9-21(10-8-19)28(32)34-2/h3-14H,15-18H2,1-2H3. The largest absolute Gasteiger partial charge is 0.497 e. The highest BCUT2D eigenvalue weighted by molar-refractivity contribution is 5.95. The quantitative estimate of drug-likeness (QED) is 0.411. The van der Waals surface area contributed by atoms with Crippen LogP contribution >= 0.6 is 0 Å². The van der Waals surface area contributed by atoms with Crippen molar-refractivity contribution in [1.29, 1.82) is 0 Å². The maximum absolute atomic E-state index is 13.3. The number of methoxy groups -OCH3 is 2. The number of carbonyl (C=O) groups excluding carboxylic acids is 2. The summed E-state index contributed by atoms with van der Waals surface area (Å²) in [4.78, 5) is 27.0. The summed E-state index contributed by atoms with van der Waals surface area (Å²) in [5.41, 5.74) is 5.89. The molecule has 1 amide bonds. The molecule has 4 aromatic rings. The van der Waals surface area contributed by atoms with Gasteiger partial charge < -0.3 is 18.9 Å². The van der Waals surface area contributed by atoms with Crippen molar-refractivity contribution in [1.82, 2.24) is 9.47 Å². The summed E-state index contributed by atoms with van der Waals surface area (Å²) in [6.07, 6.45) is 0.812. The summed E-state index contributed by atoms with van der Waals surface area (Å²) in [5.74, 6) is 0.409. The van der Waals surface area contributed by atoms with Crippen LogP contribution in [-0.2, 0) is 24.2 Å². The SMILES string of the molecule is COC(=O)c1ccc(Cn2c3c(c4ccccc42)CCN(C(=O)c2ccc(OC)cc2)C3)cc1. The van der Waals surface area contributed by atoms with Crippen molar-refractivity contribution < 1.29 is 19.1 Å². The lowest BCUT2D eigenvalue weighted by Crippen LogP contribution is -2.36. The molecule has 6 nitrogen and oxygen atoms in total. The molecule has 0 bridgehead atoms. The number of hydrogen-bond donors (Lipinski definition) is 0. The highest BCUT2D eigenvalue weighted by Crippen LogP contribution is 2.32. The normalized spacial score (nSPS) is 12.9. The first-order valence-electron chi connectivity index (χ1n) is 11.3. The molecule has 0 N–H and O–H groups in total. The van der Waals surface area contributed by atoms with Crippen LogP contribution in [0.2, 0.25) is 0 Å². The zero-order chi connectivity index (χ0) is 23.7. The van der Waals surface area contributed by atoms with Gasteiger partial charge in [0.2, 0.25) is 0 Å². The summed E-state index contributed by atoms with van der Waals surface area (Å²) < 4.78 is 12.3. The van der Waals surface area contributed by atoms with E-state index in [2.05, 4.69) is 22.8 Å². The Labute approximate surface area is 198 Å². The van der Waals surface area contributed by atoms with E-state index in [4.69, 9.17) is 9.47 Å². The number of benzene rings is 3. The number of esters is 1. The fourth-order valence-electron chi connectivity index (χ4n) is 4.71. The molecule has 34 heavy (non-hydrogen) atoms. The second-order valence-electron chi connectivity index (χ2n) is 8.42. The molecule has 1 aromatic heterocycles. The number of ether oxygens (including phenoxy) is 2. The molecular weight excluding hydrogens is 428 g/mol. The third-order valence-electron chi connectivity index (χ3n) is 6.51. The van der Waals surface area contributed by atoms with E-state index in [9.17, 15) is 9.59 Å². The number of rotatable bonds is 5. The van der Waals surface area contributed by atoms with Crippen LogP contribution in [0.15, 0.2) is 72.8 Å². The molecular formula is C28H26N2O4. The number of carbonyl (C=O) groups is 2. The highest BCUT2D eigenvalue weighted by atomic mass is 16.5. The lowest BCUT2D eigenvalue weighted by Gasteiger charge is -2.29.